The highest BCUT2D eigenvalue weighted by Crippen LogP contribution is 2.22. The van der Waals surface area contributed by atoms with Gasteiger partial charge in [0.2, 0.25) is 0 Å². The van der Waals surface area contributed by atoms with Crippen LogP contribution in [-0.4, -0.2) is 24.6 Å². The molecule has 1 N–H and O–H groups in total. The number of pyridine rings is 1. The number of hydrogen-bond acceptors (Lipinski definition) is 3. The monoisotopic (exact) mass is 293 g/mol. The van der Waals surface area contributed by atoms with Crippen LogP contribution in [0.3, 0.4) is 0 Å². The first-order valence-corrected chi connectivity index (χ1v) is 7.70. The first-order chi connectivity index (χ1) is 9.56. The van der Waals surface area contributed by atoms with Crippen LogP contribution < -0.4 is 10.2 Å². The van der Waals surface area contributed by atoms with Gasteiger partial charge in [0.1, 0.15) is 5.82 Å². The van der Waals surface area contributed by atoms with Crippen LogP contribution in [-0.2, 0) is 6.54 Å². The summed E-state index contributed by atoms with van der Waals surface area (Å²) in [4.78, 5) is 7.02. The van der Waals surface area contributed by atoms with Crippen LogP contribution in [0.5, 0.6) is 0 Å². The standard InChI is InChI=1S/C16H24ClN3/c1-12(2)10-18-11-15-14(17)4-5-16(19-15)20-8-6-13(3)7-9-20/h4-6,12,18H,7-11H2,1-3H3. The zero-order valence-electron chi connectivity index (χ0n) is 12.6. The van der Waals surface area contributed by atoms with Crippen molar-refractivity contribution in [2.75, 3.05) is 24.5 Å². The maximum atomic E-state index is 6.24. The molecule has 0 fully saturated rings. The Bertz CT molecular complexity index is 483. The summed E-state index contributed by atoms with van der Waals surface area (Å²) in [6.07, 6.45) is 3.39. The fourth-order valence-electron chi connectivity index (χ4n) is 2.23. The Labute approximate surface area is 127 Å². The quantitative estimate of drug-likeness (QED) is 0.840. The molecule has 0 saturated carbocycles. The number of halogens is 1. The highest BCUT2D eigenvalue weighted by atomic mass is 35.5. The number of rotatable bonds is 5. The Kier molecular flexibility index (Phi) is 5.44. The number of anilines is 1. The lowest BCUT2D eigenvalue weighted by atomic mass is 10.1. The van der Waals surface area contributed by atoms with Crippen molar-refractivity contribution in [3.63, 3.8) is 0 Å². The third-order valence-electron chi connectivity index (χ3n) is 3.51. The van der Waals surface area contributed by atoms with Gasteiger partial charge in [-0.1, -0.05) is 37.1 Å². The van der Waals surface area contributed by atoms with Crippen LogP contribution in [0, 0.1) is 5.92 Å². The molecule has 0 radical (unpaired) electrons. The molecule has 3 nitrogen and oxygen atoms in total. The van der Waals surface area contributed by atoms with E-state index in [0.29, 0.717) is 5.92 Å². The van der Waals surface area contributed by atoms with Crippen molar-refractivity contribution in [3.05, 3.63) is 34.5 Å². The van der Waals surface area contributed by atoms with Crippen LogP contribution in [0.4, 0.5) is 5.82 Å². The van der Waals surface area contributed by atoms with Gasteiger partial charge in [-0.25, -0.2) is 4.98 Å². The molecule has 1 aromatic heterocycles. The molecule has 1 aromatic rings. The summed E-state index contributed by atoms with van der Waals surface area (Å²) in [5, 5.41) is 4.15. The van der Waals surface area contributed by atoms with Gasteiger partial charge in [-0.2, -0.15) is 0 Å². The van der Waals surface area contributed by atoms with Crippen molar-refractivity contribution in [1.29, 1.82) is 0 Å². The number of nitrogens with one attached hydrogen (secondary N) is 1. The molecular formula is C16H24ClN3. The van der Waals surface area contributed by atoms with E-state index in [4.69, 9.17) is 16.6 Å². The molecule has 4 heteroatoms. The van der Waals surface area contributed by atoms with E-state index in [0.717, 1.165) is 49.1 Å². The number of hydrogen-bond donors (Lipinski definition) is 1. The zero-order chi connectivity index (χ0) is 14.5. The number of aromatic nitrogens is 1. The van der Waals surface area contributed by atoms with Gasteiger partial charge in [0.05, 0.1) is 10.7 Å². The smallest absolute Gasteiger partial charge is 0.129 e. The van der Waals surface area contributed by atoms with Crippen molar-refractivity contribution in [2.45, 2.75) is 33.7 Å². The minimum atomic E-state index is 0.632. The van der Waals surface area contributed by atoms with Gasteiger partial charge in [-0.05, 0) is 37.9 Å². The Morgan fingerprint density at radius 2 is 2.20 bits per heavy atom. The van der Waals surface area contributed by atoms with Crippen molar-refractivity contribution < 1.29 is 0 Å². The molecule has 2 heterocycles. The SMILES string of the molecule is CC1=CCN(c2ccc(Cl)c(CNCC(C)C)n2)CC1. The van der Waals surface area contributed by atoms with Gasteiger partial charge in [0.15, 0.2) is 0 Å². The first kappa shape index (κ1) is 15.3. The van der Waals surface area contributed by atoms with E-state index in [1.165, 1.54) is 5.57 Å². The lowest BCUT2D eigenvalue weighted by Crippen LogP contribution is -2.29. The average molecular weight is 294 g/mol. The molecule has 0 aromatic carbocycles. The maximum Gasteiger partial charge on any atom is 0.129 e. The molecule has 0 bridgehead atoms. The fraction of sp³-hybridized carbons (Fsp3) is 0.562. The molecule has 0 amide bonds. The molecule has 0 atom stereocenters. The van der Waals surface area contributed by atoms with E-state index >= 15 is 0 Å². The van der Waals surface area contributed by atoms with E-state index in [9.17, 15) is 0 Å². The van der Waals surface area contributed by atoms with Crippen molar-refractivity contribution in [1.82, 2.24) is 10.3 Å². The highest BCUT2D eigenvalue weighted by molar-refractivity contribution is 6.31. The van der Waals surface area contributed by atoms with Gasteiger partial charge in [-0.15, -0.1) is 0 Å². The second-order valence-electron chi connectivity index (χ2n) is 5.87. The lowest BCUT2D eigenvalue weighted by molar-refractivity contribution is 0.548. The van der Waals surface area contributed by atoms with Gasteiger partial charge in [-0.3, -0.25) is 0 Å². The van der Waals surface area contributed by atoms with Crippen LogP contribution >= 0.6 is 11.6 Å². The Hall–Kier alpha value is -1.06. The predicted molar refractivity (Wildman–Crippen MR) is 86.4 cm³/mol. The summed E-state index contributed by atoms with van der Waals surface area (Å²) in [5.41, 5.74) is 2.41. The van der Waals surface area contributed by atoms with Crippen molar-refractivity contribution >= 4 is 17.4 Å². The molecule has 0 unspecified atom stereocenters. The molecule has 0 aliphatic carbocycles. The second-order valence-corrected chi connectivity index (χ2v) is 6.28. The largest absolute Gasteiger partial charge is 0.353 e. The molecule has 2 rings (SSSR count). The predicted octanol–water partition coefficient (Wildman–Crippen LogP) is 3.64. The topological polar surface area (TPSA) is 28.2 Å². The molecule has 1 aliphatic heterocycles. The van der Waals surface area contributed by atoms with Gasteiger partial charge < -0.3 is 10.2 Å². The molecule has 0 saturated heterocycles. The Morgan fingerprint density at radius 1 is 1.40 bits per heavy atom. The maximum absolute atomic E-state index is 6.24. The third kappa shape index (κ3) is 4.22. The van der Waals surface area contributed by atoms with Gasteiger partial charge >= 0.3 is 0 Å². The molecule has 1 aliphatic rings. The second kappa shape index (κ2) is 7.09. The third-order valence-corrected chi connectivity index (χ3v) is 3.85. The van der Waals surface area contributed by atoms with Gasteiger partial charge in [0, 0.05) is 19.6 Å². The van der Waals surface area contributed by atoms with Crippen LogP contribution in [0.1, 0.15) is 32.9 Å². The summed E-state index contributed by atoms with van der Waals surface area (Å²) >= 11 is 6.24. The summed E-state index contributed by atoms with van der Waals surface area (Å²) < 4.78 is 0. The zero-order valence-corrected chi connectivity index (χ0v) is 13.4. The van der Waals surface area contributed by atoms with Crippen LogP contribution in [0.2, 0.25) is 5.02 Å². The van der Waals surface area contributed by atoms with Crippen molar-refractivity contribution in [3.8, 4) is 0 Å². The molecule has 110 valence electrons. The highest BCUT2D eigenvalue weighted by Gasteiger charge is 2.13. The number of nitrogens with zero attached hydrogens (tertiary/aromatic N) is 2. The van der Waals surface area contributed by atoms with E-state index in [-0.39, 0.29) is 0 Å². The Balaban J connectivity index is 2.04. The minimum absolute atomic E-state index is 0.632. The van der Waals surface area contributed by atoms with E-state index in [2.05, 4.69) is 37.1 Å². The minimum Gasteiger partial charge on any atom is -0.353 e. The van der Waals surface area contributed by atoms with E-state index < -0.39 is 0 Å². The molecule has 0 spiro atoms. The van der Waals surface area contributed by atoms with E-state index in [1.807, 2.05) is 12.1 Å². The average Bonchev–Trinajstić information content (AvgIpc) is 2.41. The first-order valence-electron chi connectivity index (χ1n) is 7.33. The normalized spacial score (nSPS) is 15.7. The molecule has 20 heavy (non-hydrogen) atoms. The lowest BCUT2D eigenvalue weighted by Gasteiger charge is -2.27. The van der Waals surface area contributed by atoms with E-state index in [1.54, 1.807) is 0 Å². The van der Waals surface area contributed by atoms with Crippen LogP contribution in [0.15, 0.2) is 23.8 Å². The fourth-order valence-corrected chi connectivity index (χ4v) is 2.40. The Morgan fingerprint density at radius 3 is 2.85 bits per heavy atom. The van der Waals surface area contributed by atoms with Gasteiger partial charge in [0.25, 0.3) is 0 Å². The molecular weight excluding hydrogens is 270 g/mol. The van der Waals surface area contributed by atoms with Crippen LogP contribution in [0.25, 0.3) is 0 Å². The summed E-state index contributed by atoms with van der Waals surface area (Å²) in [7, 11) is 0. The summed E-state index contributed by atoms with van der Waals surface area (Å²) in [5.74, 6) is 1.66. The summed E-state index contributed by atoms with van der Waals surface area (Å²) in [6, 6.07) is 3.98. The van der Waals surface area contributed by atoms with Crippen molar-refractivity contribution in [2.24, 2.45) is 5.92 Å². The summed E-state index contributed by atoms with van der Waals surface area (Å²) in [6.45, 7) is 10.3.